The lowest BCUT2D eigenvalue weighted by atomic mass is 9.98. The first-order chi connectivity index (χ1) is 35.2. The highest BCUT2D eigenvalue weighted by Gasteiger charge is 2.44. The molecule has 8 N–H and O–H groups in total. The Hall–Kier alpha value is -1.41. The molecule has 1 saturated heterocycles. The van der Waals surface area contributed by atoms with E-state index in [2.05, 4.69) is 43.5 Å². The van der Waals surface area contributed by atoms with E-state index in [-0.39, 0.29) is 12.8 Å². The van der Waals surface area contributed by atoms with Crippen LogP contribution in [-0.2, 0) is 14.3 Å². The van der Waals surface area contributed by atoms with Crippen molar-refractivity contribution in [3.63, 3.8) is 0 Å². The molecule has 72 heavy (non-hydrogen) atoms. The third-order valence-corrected chi connectivity index (χ3v) is 15.0. The van der Waals surface area contributed by atoms with E-state index in [1.54, 1.807) is 0 Å². The molecule has 11 heteroatoms. The van der Waals surface area contributed by atoms with Crippen LogP contribution < -0.4 is 5.32 Å². The summed E-state index contributed by atoms with van der Waals surface area (Å²) in [6.45, 7) is 3.46. The smallest absolute Gasteiger partial charge is 0.249 e. The van der Waals surface area contributed by atoms with Crippen molar-refractivity contribution in [2.24, 2.45) is 0 Å². The van der Waals surface area contributed by atoms with Crippen molar-refractivity contribution in [2.75, 3.05) is 13.2 Å². The molecule has 1 aliphatic rings. The van der Waals surface area contributed by atoms with E-state index in [0.29, 0.717) is 12.8 Å². The molecule has 9 atom stereocenters. The third-order valence-electron chi connectivity index (χ3n) is 15.0. The molecule has 9 unspecified atom stereocenters. The highest BCUT2D eigenvalue weighted by molar-refractivity contribution is 5.80. The maximum atomic E-state index is 13.2. The molecule has 0 aromatic carbocycles. The van der Waals surface area contributed by atoms with Crippen LogP contribution in [0.25, 0.3) is 0 Å². The molecule has 1 aliphatic heterocycles. The van der Waals surface area contributed by atoms with Crippen LogP contribution >= 0.6 is 0 Å². The molecule has 0 aromatic rings. The number of aliphatic hydroxyl groups excluding tert-OH is 7. The normalized spacial score (nSPS) is 20.2. The lowest BCUT2D eigenvalue weighted by Crippen LogP contribution is -2.60. The van der Waals surface area contributed by atoms with E-state index in [0.717, 1.165) is 38.5 Å². The van der Waals surface area contributed by atoms with Gasteiger partial charge in [0.05, 0.1) is 25.4 Å². The van der Waals surface area contributed by atoms with Crippen LogP contribution in [0.5, 0.6) is 0 Å². The van der Waals surface area contributed by atoms with E-state index in [9.17, 15) is 40.5 Å². The number of aliphatic hydroxyl groups is 7. The van der Waals surface area contributed by atoms with Crippen LogP contribution in [0.4, 0.5) is 0 Å². The molecular formula is C61H117NO10. The number of nitrogens with one attached hydrogen (secondary N) is 1. The maximum absolute atomic E-state index is 13.2. The Morgan fingerprint density at radius 2 is 0.819 bits per heavy atom. The fourth-order valence-electron chi connectivity index (χ4n) is 9.97. The van der Waals surface area contributed by atoms with Crippen LogP contribution in [0.1, 0.15) is 290 Å². The molecule has 1 heterocycles. The molecule has 1 amide bonds. The second kappa shape index (κ2) is 50.4. The van der Waals surface area contributed by atoms with E-state index in [1.165, 1.54) is 212 Å². The van der Waals surface area contributed by atoms with Gasteiger partial charge >= 0.3 is 0 Å². The zero-order valence-corrected chi connectivity index (χ0v) is 46.7. The second-order valence-electron chi connectivity index (χ2n) is 21.8. The third kappa shape index (κ3) is 38.2. The predicted molar refractivity (Wildman–Crippen MR) is 298 cm³/mol. The zero-order chi connectivity index (χ0) is 52.5. The summed E-state index contributed by atoms with van der Waals surface area (Å²) in [7, 11) is 0. The topological polar surface area (TPSA) is 189 Å². The number of hydrogen-bond acceptors (Lipinski definition) is 10. The Morgan fingerprint density at radius 3 is 1.19 bits per heavy atom. The highest BCUT2D eigenvalue weighted by atomic mass is 16.7. The minimum Gasteiger partial charge on any atom is -0.394 e. The van der Waals surface area contributed by atoms with E-state index in [4.69, 9.17) is 9.47 Å². The molecule has 0 bridgehead atoms. The van der Waals surface area contributed by atoms with E-state index in [1.807, 2.05) is 0 Å². The first-order valence-electron chi connectivity index (χ1n) is 30.7. The van der Waals surface area contributed by atoms with Crippen molar-refractivity contribution < 1.29 is 50.0 Å². The van der Waals surface area contributed by atoms with Gasteiger partial charge in [0.15, 0.2) is 6.29 Å². The second-order valence-corrected chi connectivity index (χ2v) is 21.8. The van der Waals surface area contributed by atoms with Crippen molar-refractivity contribution in [3.8, 4) is 0 Å². The van der Waals surface area contributed by atoms with Gasteiger partial charge in [-0.05, 0) is 64.2 Å². The number of unbranched alkanes of at least 4 members (excludes halogenated alkanes) is 37. The summed E-state index contributed by atoms with van der Waals surface area (Å²) in [6.07, 6.45) is 49.7. The monoisotopic (exact) mass is 1020 g/mol. The van der Waals surface area contributed by atoms with Crippen molar-refractivity contribution in [1.82, 2.24) is 5.32 Å². The Bertz CT molecular complexity index is 1220. The SMILES string of the molecule is CCCCCCCCCCC/C=C/CCCC(O)C(O)C(COC1OC(CO)C(O)C(O)C1O)NC(=O)C(O)CCCCCCCCCCCCCCCCC/C=C\CCCCCCCCCCCCCC. The van der Waals surface area contributed by atoms with Crippen LogP contribution in [0.15, 0.2) is 24.3 Å². The maximum Gasteiger partial charge on any atom is 0.249 e. The number of rotatable bonds is 53. The van der Waals surface area contributed by atoms with Gasteiger partial charge in [-0.1, -0.05) is 250 Å². The van der Waals surface area contributed by atoms with E-state index < -0.39 is 74.2 Å². The Kier molecular flexibility index (Phi) is 48.0. The zero-order valence-electron chi connectivity index (χ0n) is 46.7. The van der Waals surface area contributed by atoms with Gasteiger partial charge in [0.25, 0.3) is 0 Å². The summed E-state index contributed by atoms with van der Waals surface area (Å²) in [5.74, 6) is -0.703. The minimum absolute atomic E-state index is 0.257. The Morgan fingerprint density at radius 1 is 0.472 bits per heavy atom. The number of carbonyl (C=O) groups excluding carboxylic acids is 1. The summed E-state index contributed by atoms with van der Waals surface area (Å²) < 4.78 is 11.1. The van der Waals surface area contributed by atoms with Crippen molar-refractivity contribution in [2.45, 2.75) is 345 Å². The Balaban J connectivity index is 2.21. The van der Waals surface area contributed by atoms with E-state index >= 15 is 0 Å². The fourth-order valence-corrected chi connectivity index (χ4v) is 9.97. The molecular weight excluding hydrogens is 907 g/mol. The van der Waals surface area contributed by atoms with Gasteiger partial charge in [-0.2, -0.15) is 0 Å². The summed E-state index contributed by atoms with van der Waals surface area (Å²) in [6, 6.07) is -1.18. The first kappa shape index (κ1) is 68.6. The van der Waals surface area contributed by atoms with Crippen LogP contribution in [0.2, 0.25) is 0 Å². The van der Waals surface area contributed by atoms with Gasteiger partial charge < -0.3 is 50.5 Å². The highest BCUT2D eigenvalue weighted by Crippen LogP contribution is 2.23. The van der Waals surface area contributed by atoms with Crippen LogP contribution in [0, 0.1) is 0 Å². The average Bonchev–Trinajstić information content (AvgIpc) is 3.38. The van der Waals surface area contributed by atoms with Gasteiger partial charge in [0.1, 0.15) is 36.6 Å². The summed E-state index contributed by atoms with van der Waals surface area (Å²) in [5, 5.41) is 76.1. The van der Waals surface area contributed by atoms with Gasteiger partial charge in [0, 0.05) is 0 Å². The number of amides is 1. The quantitative estimate of drug-likeness (QED) is 0.0215. The largest absolute Gasteiger partial charge is 0.394 e. The van der Waals surface area contributed by atoms with Crippen LogP contribution in [-0.4, -0.2) is 110 Å². The first-order valence-corrected chi connectivity index (χ1v) is 30.7. The summed E-state index contributed by atoms with van der Waals surface area (Å²) in [5.41, 5.74) is 0. The van der Waals surface area contributed by atoms with Crippen molar-refractivity contribution in [1.29, 1.82) is 0 Å². The lowest BCUT2D eigenvalue weighted by Gasteiger charge is -2.40. The fraction of sp³-hybridized carbons (Fsp3) is 0.918. The molecule has 0 radical (unpaired) electrons. The molecule has 0 saturated carbocycles. The molecule has 1 rings (SSSR count). The average molecular weight is 1020 g/mol. The molecule has 0 spiro atoms. The molecule has 11 nitrogen and oxygen atoms in total. The number of ether oxygens (including phenoxy) is 2. The van der Waals surface area contributed by atoms with Crippen LogP contribution in [0.3, 0.4) is 0 Å². The molecule has 426 valence electrons. The molecule has 0 aromatic heterocycles. The summed E-state index contributed by atoms with van der Waals surface area (Å²) >= 11 is 0. The van der Waals surface area contributed by atoms with Gasteiger partial charge in [-0.15, -0.1) is 0 Å². The number of carbonyl (C=O) groups is 1. The van der Waals surface area contributed by atoms with Gasteiger partial charge in [-0.25, -0.2) is 0 Å². The lowest BCUT2D eigenvalue weighted by molar-refractivity contribution is -0.303. The minimum atomic E-state index is -1.67. The standard InChI is InChI=1S/C61H117NO10/c1-3-5-7-9-11-13-15-17-19-20-21-22-23-24-25-26-27-28-29-30-31-32-33-34-35-37-39-41-43-45-47-49-54(65)60(70)62-52(51-71-61-59(69)58(68)57(67)55(50-63)72-61)56(66)53(64)48-46-44-42-40-38-36-18-16-14-12-10-8-6-4-2/h24-25,40,42,52-59,61,63-69H,3-23,26-39,41,43-51H2,1-2H3,(H,62,70)/b25-24-,42-40+. The number of allylic oxidation sites excluding steroid dienone is 4. The van der Waals surface area contributed by atoms with Gasteiger partial charge in [-0.3, -0.25) is 4.79 Å². The van der Waals surface area contributed by atoms with Gasteiger partial charge in [0.2, 0.25) is 5.91 Å². The van der Waals surface area contributed by atoms with Crippen molar-refractivity contribution in [3.05, 3.63) is 24.3 Å². The predicted octanol–water partition coefficient (Wildman–Crippen LogP) is 13.3. The Labute approximate surface area is 442 Å². The van der Waals surface area contributed by atoms with Crippen molar-refractivity contribution >= 4 is 5.91 Å². The molecule has 1 fully saturated rings. The molecule has 0 aliphatic carbocycles. The summed E-state index contributed by atoms with van der Waals surface area (Å²) in [4.78, 5) is 13.2. The number of hydrogen-bond donors (Lipinski definition) is 8.